The van der Waals surface area contributed by atoms with Crippen molar-refractivity contribution >= 4 is 39.1 Å². The maximum atomic E-state index is 13.8. The number of thioether (sulfide) groups is 1. The van der Waals surface area contributed by atoms with Gasteiger partial charge in [-0.15, -0.1) is 11.8 Å². The molecule has 2 aromatic rings. The highest BCUT2D eigenvalue weighted by molar-refractivity contribution is 8.00. The summed E-state index contributed by atoms with van der Waals surface area (Å²) in [5.41, 5.74) is 0.0780. The van der Waals surface area contributed by atoms with Gasteiger partial charge in [0.1, 0.15) is 11.6 Å². The van der Waals surface area contributed by atoms with E-state index in [4.69, 9.17) is 0 Å². The predicted octanol–water partition coefficient (Wildman–Crippen LogP) is 4.00. The topological polar surface area (TPSA) is 66.5 Å². The number of anilines is 2. The van der Waals surface area contributed by atoms with Crippen LogP contribution >= 0.6 is 11.8 Å². The zero-order chi connectivity index (χ0) is 20.1. The molecule has 1 N–H and O–H groups in total. The molecule has 1 saturated carbocycles. The summed E-state index contributed by atoms with van der Waals surface area (Å²) in [7, 11) is -4.16. The van der Waals surface area contributed by atoms with Crippen LogP contribution in [0.1, 0.15) is 19.8 Å². The number of rotatable bonds is 4. The van der Waals surface area contributed by atoms with E-state index in [0.29, 0.717) is 12.2 Å². The van der Waals surface area contributed by atoms with Gasteiger partial charge in [0, 0.05) is 28.7 Å². The summed E-state index contributed by atoms with van der Waals surface area (Å²) in [4.78, 5) is 15.0. The van der Waals surface area contributed by atoms with E-state index in [2.05, 4.69) is 4.72 Å². The molecule has 1 aliphatic heterocycles. The molecule has 2 aliphatic rings. The monoisotopic (exact) mass is 424 g/mol. The zero-order valence-electron chi connectivity index (χ0n) is 15.0. The van der Waals surface area contributed by atoms with Gasteiger partial charge in [0.05, 0.1) is 16.3 Å². The Morgan fingerprint density at radius 1 is 1.18 bits per heavy atom. The Morgan fingerprint density at radius 3 is 2.64 bits per heavy atom. The smallest absolute Gasteiger partial charge is 0.262 e. The second-order valence-electron chi connectivity index (χ2n) is 7.01. The molecule has 1 atom stereocenters. The third-order valence-electron chi connectivity index (χ3n) is 4.66. The SMILES string of the molecule is CC1CN(C(=O)C2CC2)c2cc(S(=O)(=O)Nc3cc(F)ccc3F)ccc2S1. The van der Waals surface area contributed by atoms with Crippen molar-refractivity contribution in [2.75, 3.05) is 16.2 Å². The average Bonchev–Trinajstić information content (AvgIpc) is 3.48. The Balaban J connectivity index is 1.70. The lowest BCUT2D eigenvalue weighted by Crippen LogP contribution is -2.39. The lowest BCUT2D eigenvalue weighted by molar-refractivity contribution is -0.119. The molecule has 28 heavy (non-hydrogen) atoms. The quantitative estimate of drug-likeness (QED) is 0.806. The molecule has 148 valence electrons. The molecular formula is C19H18F2N2O3S2. The summed E-state index contributed by atoms with van der Waals surface area (Å²) >= 11 is 1.57. The first-order valence-electron chi connectivity index (χ1n) is 8.84. The third-order valence-corrected chi connectivity index (χ3v) is 7.18. The van der Waals surface area contributed by atoms with Crippen molar-refractivity contribution in [1.82, 2.24) is 0 Å². The Morgan fingerprint density at radius 2 is 1.93 bits per heavy atom. The highest BCUT2D eigenvalue weighted by Crippen LogP contribution is 2.42. The first-order valence-corrected chi connectivity index (χ1v) is 11.2. The van der Waals surface area contributed by atoms with E-state index in [1.54, 1.807) is 22.7 Å². The summed E-state index contributed by atoms with van der Waals surface area (Å²) in [5, 5.41) is 0.192. The molecule has 1 unspecified atom stereocenters. The van der Waals surface area contributed by atoms with E-state index in [1.807, 2.05) is 6.92 Å². The fraction of sp³-hybridized carbons (Fsp3) is 0.316. The van der Waals surface area contributed by atoms with Crippen LogP contribution in [-0.4, -0.2) is 26.1 Å². The molecule has 4 rings (SSSR count). The second-order valence-corrected chi connectivity index (χ2v) is 10.2. The number of nitrogens with one attached hydrogen (secondary N) is 1. The highest BCUT2D eigenvalue weighted by Gasteiger charge is 2.37. The van der Waals surface area contributed by atoms with Gasteiger partial charge in [-0.3, -0.25) is 9.52 Å². The number of hydrogen-bond donors (Lipinski definition) is 1. The van der Waals surface area contributed by atoms with Crippen molar-refractivity contribution in [3.05, 3.63) is 48.0 Å². The average molecular weight is 424 g/mol. The lowest BCUT2D eigenvalue weighted by Gasteiger charge is -2.33. The summed E-state index contributed by atoms with van der Waals surface area (Å²) in [6.07, 6.45) is 1.70. The minimum atomic E-state index is -4.16. The van der Waals surface area contributed by atoms with Gasteiger partial charge in [0.2, 0.25) is 5.91 Å². The first kappa shape index (κ1) is 19.2. The molecule has 0 spiro atoms. The molecule has 1 fully saturated rings. The molecule has 1 heterocycles. The van der Waals surface area contributed by atoms with Crippen LogP contribution in [0.25, 0.3) is 0 Å². The van der Waals surface area contributed by atoms with Crippen molar-refractivity contribution in [2.24, 2.45) is 5.92 Å². The van der Waals surface area contributed by atoms with Gasteiger partial charge >= 0.3 is 0 Å². The maximum Gasteiger partial charge on any atom is 0.262 e. The van der Waals surface area contributed by atoms with Gasteiger partial charge in [0.25, 0.3) is 10.0 Å². The number of hydrogen-bond acceptors (Lipinski definition) is 4. The first-order chi connectivity index (χ1) is 13.2. The van der Waals surface area contributed by atoms with E-state index < -0.39 is 27.3 Å². The van der Waals surface area contributed by atoms with Crippen LogP contribution in [0.5, 0.6) is 0 Å². The number of carbonyl (C=O) groups excluding carboxylic acids is 1. The van der Waals surface area contributed by atoms with Gasteiger partial charge in [-0.1, -0.05) is 6.92 Å². The van der Waals surface area contributed by atoms with Crippen LogP contribution < -0.4 is 9.62 Å². The summed E-state index contributed by atoms with van der Waals surface area (Å²) in [6.45, 7) is 2.52. The van der Waals surface area contributed by atoms with Crippen molar-refractivity contribution in [3.63, 3.8) is 0 Å². The van der Waals surface area contributed by atoms with E-state index in [0.717, 1.165) is 35.9 Å². The highest BCUT2D eigenvalue weighted by atomic mass is 32.2. The Labute approximate surface area is 166 Å². The summed E-state index contributed by atoms with van der Waals surface area (Å²) in [6, 6.07) is 7.03. The molecule has 0 saturated heterocycles. The van der Waals surface area contributed by atoms with Gasteiger partial charge in [-0.05, 0) is 43.2 Å². The minimum Gasteiger partial charge on any atom is -0.310 e. The minimum absolute atomic E-state index is 0.00271. The molecule has 1 aliphatic carbocycles. The lowest BCUT2D eigenvalue weighted by atomic mass is 10.2. The summed E-state index contributed by atoms with van der Waals surface area (Å²) < 4.78 is 54.7. The van der Waals surface area contributed by atoms with Crippen LogP contribution in [0, 0.1) is 17.6 Å². The fourth-order valence-corrected chi connectivity index (χ4v) is 5.29. The number of benzene rings is 2. The summed E-state index contributed by atoms with van der Waals surface area (Å²) in [5.74, 6) is -1.62. The Kier molecular flexibility index (Phi) is 4.83. The van der Waals surface area contributed by atoms with Crippen molar-refractivity contribution in [3.8, 4) is 0 Å². The standard InChI is InChI=1S/C19H18F2N2O3S2/c1-11-10-23(19(24)12-2-3-12)17-9-14(5-7-18(17)27-11)28(25,26)22-16-8-13(20)4-6-15(16)21/h4-9,11-12,22H,2-3,10H2,1H3. The van der Waals surface area contributed by atoms with Crippen LogP contribution in [0.3, 0.4) is 0 Å². The molecule has 0 radical (unpaired) electrons. The second kappa shape index (κ2) is 7.04. The van der Waals surface area contributed by atoms with Crippen molar-refractivity contribution < 1.29 is 22.0 Å². The normalized spacial score (nSPS) is 19.2. The molecule has 5 nitrogen and oxygen atoms in total. The van der Waals surface area contributed by atoms with Gasteiger partial charge in [0.15, 0.2) is 0 Å². The van der Waals surface area contributed by atoms with Crippen LogP contribution in [0.4, 0.5) is 20.2 Å². The largest absolute Gasteiger partial charge is 0.310 e. The van der Waals surface area contributed by atoms with Crippen LogP contribution in [-0.2, 0) is 14.8 Å². The Hall–Kier alpha value is -2.13. The maximum absolute atomic E-state index is 13.8. The molecular weight excluding hydrogens is 406 g/mol. The Bertz CT molecular complexity index is 1060. The number of fused-ring (bicyclic) bond motifs is 1. The molecule has 9 heteroatoms. The van der Waals surface area contributed by atoms with E-state index >= 15 is 0 Å². The molecule has 1 amide bonds. The number of nitrogens with zero attached hydrogens (tertiary/aromatic N) is 1. The van der Waals surface area contributed by atoms with Crippen LogP contribution in [0.2, 0.25) is 0 Å². The molecule has 0 aromatic heterocycles. The molecule has 0 bridgehead atoms. The van der Waals surface area contributed by atoms with E-state index in [1.165, 1.54) is 12.1 Å². The van der Waals surface area contributed by atoms with Gasteiger partial charge < -0.3 is 4.90 Å². The van der Waals surface area contributed by atoms with Crippen molar-refractivity contribution in [1.29, 1.82) is 0 Å². The number of carbonyl (C=O) groups is 1. The van der Waals surface area contributed by atoms with Crippen molar-refractivity contribution in [2.45, 2.75) is 34.8 Å². The zero-order valence-corrected chi connectivity index (χ0v) is 16.6. The number of amides is 1. The number of sulfonamides is 1. The predicted molar refractivity (Wildman–Crippen MR) is 104 cm³/mol. The van der Waals surface area contributed by atoms with Gasteiger partial charge in [-0.25, -0.2) is 17.2 Å². The molecule has 2 aromatic carbocycles. The fourth-order valence-electron chi connectivity index (χ4n) is 3.12. The third kappa shape index (κ3) is 3.73. The van der Waals surface area contributed by atoms with Crippen LogP contribution in [0.15, 0.2) is 46.2 Å². The van der Waals surface area contributed by atoms with E-state index in [9.17, 15) is 22.0 Å². The van der Waals surface area contributed by atoms with Gasteiger partial charge in [-0.2, -0.15) is 0 Å². The number of halogens is 2. The van der Waals surface area contributed by atoms with E-state index in [-0.39, 0.29) is 22.0 Å².